The lowest BCUT2D eigenvalue weighted by atomic mass is 9.75. The van der Waals surface area contributed by atoms with Crippen LogP contribution < -0.4 is 10.6 Å². The molecule has 3 fully saturated rings. The highest BCUT2D eigenvalue weighted by atomic mass is 16.3. The first-order chi connectivity index (χ1) is 11.3. The topological polar surface area (TPSA) is 61.4 Å². The molecule has 1 amide bonds. The first-order valence-corrected chi connectivity index (χ1v) is 9.97. The normalized spacial score (nSPS) is 30.0. The van der Waals surface area contributed by atoms with Gasteiger partial charge in [0.1, 0.15) is 0 Å². The molecule has 0 unspecified atom stereocenters. The minimum absolute atomic E-state index is 0.0340. The van der Waals surface area contributed by atoms with Gasteiger partial charge < -0.3 is 15.7 Å². The molecule has 1 heterocycles. The van der Waals surface area contributed by atoms with Gasteiger partial charge in [-0.1, -0.05) is 38.5 Å². The number of nitrogens with one attached hydrogen (secondary N) is 2. The molecule has 2 saturated carbocycles. The zero-order chi connectivity index (χ0) is 16.1. The van der Waals surface area contributed by atoms with E-state index in [0.717, 1.165) is 45.1 Å². The number of hydrogen-bond donors (Lipinski definition) is 3. The maximum absolute atomic E-state index is 12.6. The van der Waals surface area contributed by atoms with Crippen LogP contribution in [-0.4, -0.2) is 35.7 Å². The van der Waals surface area contributed by atoms with Crippen molar-refractivity contribution in [2.75, 3.05) is 6.54 Å². The smallest absolute Gasteiger partial charge is 0.237 e. The van der Waals surface area contributed by atoms with Crippen molar-refractivity contribution >= 4 is 5.91 Å². The van der Waals surface area contributed by atoms with Gasteiger partial charge in [0, 0.05) is 0 Å². The summed E-state index contributed by atoms with van der Waals surface area (Å²) in [6.07, 6.45) is 13.8. The lowest BCUT2D eigenvalue weighted by Crippen LogP contribution is -2.55. The fraction of sp³-hybridized carbons (Fsp3) is 0.947. The number of amides is 1. The molecule has 23 heavy (non-hydrogen) atoms. The van der Waals surface area contributed by atoms with Gasteiger partial charge in [-0.05, 0) is 56.9 Å². The Kier molecular flexibility index (Phi) is 6.35. The van der Waals surface area contributed by atoms with Gasteiger partial charge in [-0.25, -0.2) is 0 Å². The molecule has 0 aromatic carbocycles. The number of hydrogen-bond acceptors (Lipinski definition) is 3. The Hall–Kier alpha value is -0.610. The molecular weight excluding hydrogens is 288 g/mol. The van der Waals surface area contributed by atoms with Crippen LogP contribution in [0.5, 0.6) is 0 Å². The van der Waals surface area contributed by atoms with Crippen LogP contribution in [0, 0.1) is 11.8 Å². The summed E-state index contributed by atoms with van der Waals surface area (Å²) in [5, 5.41) is 17.6. The third-order valence-corrected chi connectivity index (χ3v) is 6.34. The Morgan fingerprint density at radius 3 is 2.04 bits per heavy atom. The Bertz CT molecular complexity index is 370. The minimum atomic E-state index is -0.358. The van der Waals surface area contributed by atoms with E-state index in [0.29, 0.717) is 11.8 Å². The molecule has 3 N–H and O–H groups in total. The van der Waals surface area contributed by atoms with Crippen LogP contribution in [0.15, 0.2) is 0 Å². The Labute approximate surface area is 140 Å². The van der Waals surface area contributed by atoms with E-state index in [1.165, 1.54) is 38.5 Å². The van der Waals surface area contributed by atoms with E-state index in [2.05, 4.69) is 10.6 Å². The molecule has 1 aliphatic heterocycles. The summed E-state index contributed by atoms with van der Waals surface area (Å²) in [6.45, 7) is 0.942. The van der Waals surface area contributed by atoms with Crippen molar-refractivity contribution in [2.24, 2.45) is 11.8 Å². The standard InChI is InChI=1S/C19H34N2O2/c22-18(15-10-5-2-6-11-15)17(14-8-3-1-4-9-14)21-19(23)16-12-7-13-20-16/h14-18,20,22H,1-13H2,(H,21,23)/t16-,17-,18-/m0/s1. The highest BCUT2D eigenvalue weighted by Crippen LogP contribution is 2.34. The van der Waals surface area contributed by atoms with E-state index in [9.17, 15) is 9.90 Å². The third kappa shape index (κ3) is 4.48. The SMILES string of the molecule is O=C(N[C@@H](C1CCCCC1)[C@@H](O)C1CCCCC1)[C@@H]1CCCN1. The molecule has 0 aromatic heterocycles. The van der Waals surface area contributed by atoms with Crippen LogP contribution in [0.2, 0.25) is 0 Å². The monoisotopic (exact) mass is 322 g/mol. The Balaban J connectivity index is 1.65. The quantitative estimate of drug-likeness (QED) is 0.729. The summed E-state index contributed by atoms with van der Waals surface area (Å²) in [4.78, 5) is 12.6. The van der Waals surface area contributed by atoms with E-state index in [1.807, 2.05) is 0 Å². The van der Waals surface area contributed by atoms with E-state index in [4.69, 9.17) is 0 Å². The van der Waals surface area contributed by atoms with E-state index in [1.54, 1.807) is 0 Å². The average Bonchev–Trinajstić information content (AvgIpc) is 3.15. The Morgan fingerprint density at radius 1 is 0.870 bits per heavy atom. The van der Waals surface area contributed by atoms with Crippen molar-refractivity contribution in [3.8, 4) is 0 Å². The summed E-state index contributed by atoms with van der Waals surface area (Å²) < 4.78 is 0. The molecule has 0 bridgehead atoms. The third-order valence-electron chi connectivity index (χ3n) is 6.34. The first-order valence-electron chi connectivity index (χ1n) is 9.97. The van der Waals surface area contributed by atoms with Crippen LogP contribution in [0.1, 0.15) is 77.0 Å². The summed E-state index contributed by atoms with van der Waals surface area (Å²) in [5.41, 5.74) is 0. The second-order valence-electron chi connectivity index (χ2n) is 7.97. The van der Waals surface area contributed by atoms with Gasteiger partial charge in [0.25, 0.3) is 0 Å². The van der Waals surface area contributed by atoms with Gasteiger partial charge in [-0.2, -0.15) is 0 Å². The maximum Gasteiger partial charge on any atom is 0.237 e. The van der Waals surface area contributed by atoms with Crippen molar-refractivity contribution in [1.29, 1.82) is 0 Å². The zero-order valence-corrected chi connectivity index (χ0v) is 14.4. The molecule has 4 nitrogen and oxygen atoms in total. The highest BCUT2D eigenvalue weighted by molar-refractivity contribution is 5.82. The predicted molar refractivity (Wildman–Crippen MR) is 92.1 cm³/mol. The second kappa shape index (κ2) is 8.48. The largest absolute Gasteiger partial charge is 0.391 e. The molecule has 4 heteroatoms. The van der Waals surface area contributed by atoms with Gasteiger partial charge >= 0.3 is 0 Å². The van der Waals surface area contributed by atoms with E-state index < -0.39 is 0 Å². The fourth-order valence-electron chi connectivity index (χ4n) is 4.92. The van der Waals surface area contributed by atoms with Gasteiger partial charge in [-0.15, -0.1) is 0 Å². The minimum Gasteiger partial charge on any atom is -0.391 e. The second-order valence-corrected chi connectivity index (χ2v) is 7.97. The van der Waals surface area contributed by atoms with Gasteiger partial charge in [0.05, 0.1) is 18.2 Å². The number of rotatable bonds is 5. The molecule has 0 spiro atoms. The number of aliphatic hydroxyl groups is 1. The molecule has 3 rings (SSSR count). The summed E-state index contributed by atoms with van der Waals surface area (Å²) in [5.74, 6) is 0.964. The molecule has 2 aliphatic carbocycles. The number of aliphatic hydroxyl groups excluding tert-OH is 1. The van der Waals surface area contributed by atoms with Crippen molar-refractivity contribution in [3.63, 3.8) is 0 Å². The van der Waals surface area contributed by atoms with E-state index >= 15 is 0 Å². The molecule has 1 saturated heterocycles. The Morgan fingerprint density at radius 2 is 1.48 bits per heavy atom. The first kappa shape index (κ1) is 17.2. The lowest BCUT2D eigenvalue weighted by molar-refractivity contribution is -0.125. The average molecular weight is 322 g/mol. The molecule has 0 aromatic rings. The van der Waals surface area contributed by atoms with Crippen LogP contribution in [0.4, 0.5) is 0 Å². The zero-order valence-electron chi connectivity index (χ0n) is 14.4. The van der Waals surface area contributed by atoms with Crippen LogP contribution >= 0.6 is 0 Å². The molecular formula is C19H34N2O2. The summed E-state index contributed by atoms with van der Waals surface area (Å²) >= 11 is 0. The molecule has 3 atom stereocenters. The van der Waals surface area contributed by atoms with Crippen molar-refractivity contribution < 1.29 is 9.90 Å². The molecule has 0 radical (unpaired) electrons. The molecule has 3 aliphatic rings. The van der Waals surface area contributed by atoms with E-state index in [-0.39, 0.29) is 24.1 Å². The van der Waals surface area contributed by atoms with Crippen molar-refractivity contribution in [1.82, 2.24) is 10.6 Å². The fourth-order valence-corrected chi connectivity index (χ4v) is 4.92. The van der Waals surface area contributed by atoms with Gasteiger partial charge in [0.2, 0.25) is 5.91 Å². The van der Waals surface area contributed by atoms with Crippen LogP contribution in [-0.2, 0) is 4.79 Å². The lowest BCUT2D eigenvalue weighted by Gasteiger charge is -2.39. The van der Waals surface area contributed by atoms with Gasteiger partial charge in [-0.3, -0.25) is 4.79 Å². The number of carbonyl (C=O) groups excluding carboxylic acids is 1. The van der Waals surface area contributed by atoms with Crippen LogP contribution in [0.25, 0.3) is 0 Å². The predicted octanol–water partition coefficient (Wildman–Crippen LogP) is 2.74. The highest BCUT2D eigenvalue weighted by Gasteiger charge is 2.37. The van der Waals surface area contributed by atoms with Gasteiger partial charge in [0.15, 0.2) is 0 Å². The number of carbonyl (C=O) groups is 1. The summed E-state index contributed by atoms with van der Waals surface area (Å²) in [6, 6.07) is -0.0760. The van der Waals surface area contributed by atoms with Crippen LogP contribution in [0.3, 0.4) is 0 Å². The van der Waals surface area contributed by atoms with Crippen molar-refractivity contribution in [2.45, 2.75) is 95.2 Å². The van der Waals surface area contributed by atoms with Crippen molar-refractivity contribution in [3.05, 3.63) is 0 Å². The molecule has 132 valence electrons. The summed E-state index contributed by atoms with van der Waals surface area (Å²) in [7, 11) is 0. The maximum atomic E-state index is 12.6.